The second-order valence-corrected chi connectivity index (χ2v) is 9.45. The second-order valence-electron chi connectivity index (χ2n) is 8.03. The SMILES string of the molecule is CC1=C(C(=O)Nc2ccccc2)C(c2ccccc2)C(C#N)=C(SCC(=O)Nc2cccc(Cl)c2)N1. The van der Waals surface area contributed by atoms with Crippen molar-refractivity contribution in [2.45, 2.75) is 12.8 Å². The van der Waals surface area contributed by atoms with Crippen molar-refractivity contribution < 1.29 is 9.59 Å². The van der Waals surface area contributed by atoms with Gasteiger partial charge in [0.2, 0.25) is 5.91 Å². The molecule has 0 radical (unpaired) electrons. The van der Waals surface area contributed by atoms with Gasteiger partial charge in [0, 0.05) is 27.7 Å². The molecule has 0 fully saturated rings. The Morgan fingerprint density at radius 2 is 1.64 bits per heavy atom. The van der Waals surface area contributed by atoms with Crippen LogP contribution in [0.3, 0.4) is 0 Å². The molecule has 1 aliphatic heterocycles. The van der Waals surface area contributed by atoms with Crippen molar-refractivity contribution in [3.63, 3.8) is 0 Å². The molecule has 3 aromatic carbocycles. The van der Waals surface area contributed by atoms with Crippen molar-refractivity contribution in [1.29, 1.82) is 5.26 Å². The number of carbonyl (C=O) groups is 2. The average Bonchev–Trinajstić information content (AvgIpc) is 2.88. The molecule has 3 aromatic rings. The molecule has 0 saturated carbocycles. The van der Waals surface area contributed by atoms with Gasteiger partial charge in [-0.2, -0.15) is 5.26 Å². The van der Waals surface area contributed by atoms with Gasteiger partial charge in [0.15, 0.2) is 0 Å². The number of halogens is 1. The minimum Gasteiger partial charge on any atom is -0.353 e. The third-order valence-electron chi connectivity index (χ3n) is 5.51. The van der Waals surface area contributed by atoms with Crippen LogP contribution >= 0.6 is 23.4 Å². The lowest BCUT2D eigenvalue weighted by molar-refractivity contribution is -0.114. The summed E-state index contributed by atoms with van der Waals surface area (Å²) in [6.07, 6.45) is 0. The summed E-state index contributed by atoms with van der Waals surface area (Å²) in [4.78, 5) is 26.0. The number of allylic oxidation sites excluding steroid dienone is 2. The van der Waals surface area contributed by atoms with Gasteiger partial charge in [-0.1, -0.05) is 78.0 Å². The van der Waals surface area contributed by atoms with Gasteiger partial charge < -0.3 is 16.0 Å². The zero-order valence-electron chi connectivity index (χ0n) is 19.4. The zero-order chi connectivity index (χ0) is 25.5. The maximum atomic E-state index is 13.4. The van der Waals surface area contributed by atoms with E-state index in [-0.39, 0.29) is 17.6 Å². The molecule has 2 amide bonds. The van der Waals surface area contributed by atoms with E-state index < -0.39 is 5.92 Å². The summed E-state index contributed by atoms with van der Waals surface area (Å²) < 4.78 is 0. The van der Waals surface area contributed by atoms with Crippen LogP contribution in [0.4, 0.5) is 11.4 Å². The number of hydrogen-bond donors (Lipinski definition) is 3. The summed E-state index contributed by atoms with van der Waals surface area (Å²) in [6.45, 7) is 1.80. The molecule has 1 unspecified atom stereocenters. The summed E-state index contributed by atoms with van der Waals surface area (Å²) in [5.41, 5.74) is 3.52. The van der Waals surface area contributed by atoms with Crippen LogP contribution in [0, 0.1) is 11.3 Å². The topological polar surface area (TPSA) is 94.0 Å². The van der Waals surface area contributed by atoms with Gasteiger partial charge in [0.05, 0.1) is 28.3 Å². The smallest absolute Gasteiger partial charge is 0.254 e. The number of dihydropyridines is 1. The van der Waals surface area contributed by atoms with E-state index in [1.807, 2.05) is 60.7 Å². The lowest BCUT2D eigenvalue weighted by atomic mass is 9.82. The zero-order valence-corrected chi connectivity index (χ0v) is 21.0. The average molecular weight is 515 g/mol. The van der Waals surface area contributed by atoms with Crippen molar-refractivity contribution in [3.05, 3.63) is 117 Å². The lowest BCUT2D eigenvalue weighted by Gasteiger charge is -2.29. The Balaban J connectivity index is 1.60. The fourth-order valence-corrected chi connectivity index (χ4v) is 5.01. The number of para-hydroxylation sites is 1. The normalized spacial score (nSPS) is 15.1. The monoisotopic (exact) mass is 514 g/mol. The Bertz CT molecular complexity index is 1380. The Labute approximate surface area is 219 Å². The standard InChI is InChI=1S/C28H23ClN4O2S/c1-18-25(27(35)33-21-12-6-3-7-13-21)26(19-9-4-2-5-10-19)23(16-30)28(31-18)36-17-24(34)32-22-14-8-11-20(29)15-22/h2-15,26,31H,17H2,1H3,(H,32,34)(H,33,35). The lowest BCUT2D eigenvalue weighted by Crippen LogP contribution is -2.31. The number of nitriles is 1. The summed E-state index contributed by atoms with van der Waals surface area (Å²) in [7, 11) is 0. The number of thioether (sulfide) groups is 1. The molecule has 4 rings (SSSR count). The third-order valence-corrected chi connectivity index (χ3v) is 6.76. The van der Waals surface area contributed by atoms with Crippen molar-refractivity contribution in [2.75, 3.05) is 16.4 Å². The molecule has 3 N–H and O–H groups in total. The molecule has 180 valence electrons. The first-order valence-corrected chi connectivity index (χ1v) is 12.5. The van der Waals surface area contributed by atoms with Gasteiger partial charge in [-0.3, -0.25) is 9.59 Å². The number of nitrogens with one attached hydrogen (secondary N) is 3. The number of benzene rings is 3. The summed E-state index contributed by atoms with van der Waals surface area (Å²) >= 11 is 7.21. The number of nitrogens with zero attached hydrogens (tertiary/aromatic N) is 1. The van der Waals surface area contributed by atoms with Gasteiger partial charge >= 0.3 is 0 Å². The van der Waals surface area contributed by atoms with E-state index >= 15 is 0 Å². The van der Waals surface area contributed by atoms with Crippen LogP contribution < -0.4 is 16.0 Å². The summed E-state index contributed by atoms with van der Waals surface area (Å²) in [5.74, 6) is -1.05. The Hall–Kier alpha value is -3.99. The van der Waals surface area contributed by atoms with Crippen molar-refractivity contribution in [2.24, 2.45) is 0 Å². The van der Waals surface area contributed by atoms with E-state index in [0.29, 0.717) is 38.3 Å². The first-order chi connectivity index (χ1) is 17.5. The molecule has 6 nitrogen and oxygen atoms in total. The number of rotatable bonds is 7. The van der Waals surface area contributed by atoms with E-state index in [9.17, 15) is 14.9 Å². The molecule has 0 aliphatic carbocycles. The fraction of sp³-hybridized carbons (Fsp3) is 0.107. The van der Waals surface area contributed by atoms with E-state index in [0.717, 1.165) is 5.56 Å². The second kappa shape index (κ2) is 11.6. The van der Waals surface area contributed by atoms with Crippen LogP contribution in [-0.4, -0.2) is 17.6 Å². The van der Waals surface area contributed by atoms with E-state index in [4.69, 9.17) is 11.6 Å². The van der Waals surface area contributed by atoms with Gasteiger partial charge in [0.1, 0.15) is 0 Å². The van der Waals surface area contributed by atoms with Crippen LogP contribution in [0.5, 0.6) is 0 Å². The molecule has 8 heteroatoms. The molecule has 0 bridgehead atoms. The minimum absolute atomic E-state index is 0.0698. The predicted molar refractivity (Wildman–Crippen MR) is 145 cm³/mol. The minimum atomic E-state index is -0.584. The number of amides is 2. The van der Waals surface area contributed by atoms with Crippen molar-refractivity contribution in [1.82, 2.24) is 5.32 Å². The molecule has 1 heterocycles. The van der Waals surface area contributed by atoms with Gasteiger partial charge in [0.25, 0.3) is 5.91 Å². The number of hydrogen-bond acceptors (Lipinski definition) is 5. The van der Waals surface area contributed by atoms with Crippen LogP contribution in [0.2, 0.25) is 5.02 Å². The van der Waals surface area contributed by atoms with Gasteiger partial charge in [-0.25, -0.2) is 0 Å². The molecule has 1 aliphatic rings. The first kappa shape index (κ1) is 25.1. The highest BCUT2D eigenvalue weighted by molar-refractivity contribution is 8.03. The Morgan fingerprint density at radius 3 is 2.31 bits per heavy atom. The predicted octanol–water partition coefficient (Wildman–Crippen LogP) is 6.05. The van der Waals surface area contributed by atoms with Gasteiger partial charge in [-0.05, 0) is 42.8 Å². The molecule has 0 aromatic heterocycles. The highest BCUT2D eigenvalue weighted by Gasteiger charge is 2.34. The molecular formula is C28H23ClN4O2S. The molecular weight excluding hydrogens is 492 g/mol. The van der Waals surface area contributed by atoms with E-state index in [1.54, 1.807) is 31.2 Å². The van der Waals surface area contributed by atoms with Crippen molar-refractivity contribution >= 4 is 46.6 Å². The molecule has 36 heavy (non-hydrogen) atoms. The largest absolute Gasteiger partial charge is 0.353 e. The maximum absolute atomic E-state index is 13.4. The van der Waals surface area contributed by atoms with Crippen molar-refractivity contribution in [3.8, 4) is 6.07 Å². The quantitative estimate of drug-likeness (QED) is 0.357. The molecule has 0 spiro atoms. The summed E-state index contributed by atoms with van der Waals surface area (Å²) in [6, 6.07) is 27.8. The van der Waals surface area contributed by atoms with E-state index in [1.165, 1.54) is 11.8 Å². The van der Waals surface area contributed by atoms with Crippen LogP contribution in [0.15, 0.2) is 107 Å². The Kier molecular flexibility index (Phi) is 8.11. The summed E-state index contributed by atoms with van der Waals surface area (Å²) in [5, 5.41) is 20.2. The highest BCUT2D eigenvalue weighted by atomic mass is 35.5. The number of carbonyl (C=O) groups excluding carboxylic acids is 2. The van der Waals surface area contributed by atoms with Crippen LogP contribution in [0.1, 0.15) is 18.4 Å². The third kappa shape index (κ3) is 5.98. The maximum Gasteiger partial charge on any atom is 0.254 e. The highest BCUT2D eigenvalue weighted by Crippen LogP contribution is 2.40. The fourth-order valence-electron chi connectivity index (χ4n) is 3.93. The molecule has 1 atom stereocenters. The van der Waals surface area contributed by atoms with Crippen LogP contribution in [-0.2, 0) is 9.59 Å². The number of anilines is 2. The van der Waals surface area contributed by atoms with Gasteiger partial charge in [-0.15, -0.1) is 0 Å². The van der Waals surface area contributed by atoms with Crippen LogP contribution in [0.25, 0.3) is 0 Å². The first-order valence-electron chi connectivity index (χ1n) is 11.2. The molecule has 0 saturated heterocycles. The Morgan fingerprint density at radius 1 is 0.972 bits per heavy atom. The van der Waals surface area contributed by atoms with E-state index in [2.05, 4.69) is 22.0 Å².